The molecule has 18 heavy (non-hydrogen) atoms. The number of alkyl halides is 1. The van der Waals surface area contributed by atoms with Crippen LogP contribution in [0.1, 0.15) is 41.7 Å². The Hall–Kier alpha value is -0.900. The predicted octanol–water partition coefficient (Wildman–Crippen LogP) is 3.17. The van der Waals surface area contributed by atoms with E-state index in [9.17, 15) is 4.79 Å². The van der Waals surface area contributed by atoms with Crippen molar-refractivity contribution in [3.63, 3.8) is 0 Å². The molecule has 4 heteroatoms. The molecule has 0 N–H and O–H groups in total. The Labute approximate surface area is 117 Å². The highest BCUT2D eigenvalue weighted by Crippen LogP contribution is 2.28. The second-order valence-electron chi connectivity index (χ2n) is 4.97. The summed E-state index contributed by atoms with van der Waals surface area (Å²) in [4.78, 5) is 18.8. The molecule has 0 bridgehead atoms. The van der Waals surface area contributed by atoms with Crippen LogP contribution in [-0.4, -0.2) is 33.7 Å². The second-order valence-corrected chi connectivity index (χ2v) is 6.15. The van der Waals surface area contributed by atoms with Crippen molar-refractivity contribution < 1.29 is 4.79 Å². The number of hydrogen-bond donors (Lipinski definition) is 0. The minimum absolute atomic E-state index is 0.0684. The predicted molar refractivity (Wildman–Crippen MR) is 76.0 cm³/mol. The molecule has 1 aromatic rings. The van der Waals surface area contributed by atoms with Crippen molar-refractivity contribution >= 4 is 21.8 Å². The van der Waals surface area contributed by atoms with Crippen molar-refractivity contribution in [2.75, 3.05) is 7.05 Å². The van der Waals surface area contributed by atoms with Gasteiger partial charge in [0.05, 0.1) is 5.56 Å². The molecule has 98 valence electrons. The molecule has 0 radical (unpaired) electrons. The van der Waals surface area contributed by atoms with Crippen LogP contribution in [0.4, 0.5) is 0 Å². The average molecular weight is 311 g/mol. The summed E-state index contributed by atoms with van der Waals surface area (Å²) >= 11 is 3.70. The van der Waals surface area contributed by atoms with Gasteiger partial charge < -0.3 is 4.90 Å². The largest absolute Gasteiger partial charge is 0.338 e. The lowest BCUT2D eigenvalue weighted by Gasteiger charge is -2.35. The van der Waals surface area contributed by atoms with Crippen LogP contribution < -0.4 is 0 Å². The van der Waals surface area contributed by atoms with Crippen LogP contribution in [0, 0.1) is 6.92 Å². The van der Waals surface area contributed by atoms with Crippen LogP contribution >= 0.6 is 15.9 Å². The normalized spacial score (nSPS) is 23.7. The van der Waals surface area contributed by atoms with Gasteiger partial charge in [0.25, 0.3) is 5.91 Å². The number of halogens is 1. The third-order valence-electron chi connectivity index (χ3n) is 3.62. The van der Waals surface area contributed by atoms with E-state index in [4.69, 9.17) is 0 Å². The van der Waals surface area contributed by atoms with Crippen LogP contribution in [0.25, 0.3) is 0 Å². The van der Waals surface area contributed by atoms with Crippen molar-refractivity contribution in [2.24, 2.45) is 0 Å². The van der Waals surface area contributed by atoms with Crippen molar-refractivity contribution in [1.29, 1.82) is 0 Å². The number of aryl methyl sites for hydroxylation is 1. The summed E-state index contributed by atoms with van der Waals surface area (Å²) in [5, 5.41) is 0. The first-order valence-corrected chi connectivity index (χ1v) is 7.35. The number of rotatable bonds is 2. The fourth-order valence-corrected chi connectivity index (χ4v) is 3.39. The number of carbonyl (C=O) groups excluding carboxylic acids is 1. The zero-order valence-corrected chi connectivity index (χ0v) is 12.5. The Morgan fingerprint density at radius 1 is 1.39 bits per heavy atom. The maximum atomic E-state index is 12.4. The van der Waals surface area contributed by atoms with Gasteiger partial charge in [0.2, 0.25) is 0 Å². The van der Waals surface area contributed by atoms with Gasteiger partial charge in [-0.1, -0.05) is 28.8 Å². The highest BCUT2D eigenvalue weighted by atomic mass is 79.9. The highest BCUT2D eigenvalue weighted by Gasteiger charge is 2.29. The highest BCUT2D eigenvalue weighted by molar-refractivity contribution is 9.09. The number of hydrogen-bond acceptors (Lipinski definition) is 2. The van der Waals surface area contributed by atoms with Gasteiger partial charge in [-0.05, 0) is 31.9 Å². The molecule has 1 aromatic heterocycles. The van der Waals surface area contributed by atoms with E-state index in [0.29, 0.717) is 16.4 Å². The smallest absolute Gasteiger partial charge is 0.255 e. The SMILES string of the molecule is Cc1ccc(C(=O)N(C)C2CCCCC2Br)cn1. The van der Waals surface area contributed by atoms with Crippen molar-refractivity contribution in [2.45, 2.75) is 43.5 Å². The van der Waals surface area contributed by atoms with Gasteiger partial charge in [-0.25, -0.2) is 0 Å². The summed E-state index contributed by atoms with van der Waals surface area (Å²) in [6.45, 7) is 1.92. The Bertz CT molecular complexity index is 418. The lowest BCUT2D eigenvalue weighted by molar-refractivity contribution is 0.0704. The van der Waals surface area contributed by atoms with E-state index in [1.807, 2.05) is 31.0 Å². The molecule has 0 aromatic carbocycles. The molecular weight excluding hydrogens is 292 g/mol. The van der Waals surface area contributed by atoms with Gasteiger partial charge in [0, 0.05) is 29.8 Å². The first kappa shape index (κ1) is 13.5. The molecular formula is C14H19BrN2O. The topological polar surface area (TPSA) is 33.2 Å². The number of nitrogens with zero attached hydrogens (tertiary/aromatic N) is 2. The Morgan fingerprint density at radius 3 is 2.72 bits per heavy atom. The van der Waals surface area contributed by atoms with E-state index < -0.39 is 0 Å². The van der Waals surface area contributed by atoms with Crippen LogP contribution in [0.15, 0.2) is 18.3 Å². The first-order chi connectivity index (χ1) is 8.59. The summed E-state index contributed by atoms with van der Waals surface area (Å²) in [5.74, 6) is 0.0684. The number of aromatic nitrogens is 1. The molecule has 1 amide bonds. The number of carbonyl (C=O) groups is 1. The lowest BCUT2D eigenvalue weighted by Crippen LogP contribution is -2.44. The van der Waals surface area contributed by atoms with E-state index in [0.717, 1.165) is 18.5 Å². The summed E-state index contributed by atoms with van der Waals surface area (Å²) < 4.78 is 0. The Morgan fingerprint density at radius 2 is 2.11 bits per heavy atom. The third kappa shape index (κ3) is 2.91. The molecule has 1 aliphatic rings. The standard InChI is InChI=1S/C14H19BrN2O/c1-10-7-8-11(9-16-10)14(18)17(2)13-6-4-3-5-12(13)15/h7-9,12-13H,3-6H2,1-2H3. The third-order valence-corrected chi connectivity index (χ3v) is 4.69. The zero-order chi connectivity index (χ0) is 13.1. The van der Waals surface area contributed by atoms with E-state index in [-0.39, 0.29) is 5.91 Å². The van der Waals surface area contributed by atoms with E-state index >= 15 is 0 Å². The van der Waals surface area contributed by atoms with E-state index in [1.54, 1.807) is 6.20 Å². The van der Waals surface area contributed by atoms with Crippen LogP contribution in [-0.2, 0) is 0 Å². The van der Waals surface area contributed by atoms with Gasteiger partial charge in [-0.15, -0.1) is 0 Å². The molecule has 1 heterocycles. The lowest BCUT2D eigenvalue weighted by atomic mass is 9.94. The molecule has 0 aliphatic heterocycles. The van der Waals surface area contributed by atoms with Gasteiger partial charge in [-0.2, -0.15) is 0 Å². The average Bonchev–Trinajstić information content (AvgIpc) is 2.38. The van der Waals surface area contributed by atoms with E-state index in [1.165, 1.54) is 12.8 Å². The minimum atomic E-state index is 0.0684. The molecule has 1 fully saturated rings. The molecule has 3 nitrogen and oxygen atoms in total. The molecule has 1 saturated carbocycles. The fraction of sp³-hybridized carbons (Fsp3) is 0.571. The van der Waals surface area contributed by atoms with Crippen LogP contribution in [0.5, 0.6) is 0 Å². The molecule has 2 atom stereocenters. The maximum absolute atomic E-state index is 12.4. The molecule has 2 unspecified atom stereocenters. The monoisotopic (exact) mass is 310 g/mol. The summed E-state index contributed by atoms with van der Waals surface area (Å²) in [6, 6.07) is 4.04. The minimum Gasteiger partial charge on any atom is -0.338 e. The first-order valence-electron chi connectivity index (χ1n) is 6.43. The van der Waals surface area contributed by atoms with Crippen LogP contribution in [0.3, 0.4) is 0 Å². The zero-order valence-electron chi connectivity index (χ0n) is 10.9. The summed E-state index contributed by atoms with van der Waals surface area (Å²) in [5.41, 5.74) is 1.61. The van der Waals surface area contributed by atoms with Gasteiger partial charge in [0.1, 0.15) is 0 Å². The Kier molecular flexibility index (Phi) is 4.38. The quantitative estimate of drug-likeness (QED) is 0.786. The fourth-order valence-electron chi connectivity index (χ4n) is 2.45. The van der Waals surface area contributed by atoms with Gasteiger partial charge in [0.15, 0.2) is 0 Å². The number of amides is 1. The Balaban J connectivity index is 2.10. The summed E-state index contributed by atoms with van der Waals surface area (Å²) in [6.07, 6.45) is 6.35. The molecule has 2 rings (SSSR count). The van der Waals surface area contributed by atoms with Crippen molar-refractivity contribution in [3.05, 3.63) is 29.6 Å². The van der Waals surface area contributed by atoms with Gasteiger partial charge >= 0.3 is 0 Å². The molecule has 0 spiro atoms. The van der Waals surface area contributed by atoms with E-state index in [2.05, 4.69) is 20.9 Å². The van der Waals surface area contributed by atoms with Gasteiger partial charge in [-0.3, -0.25) is 9.78 Å². The molecule has 0 saturated heterocycles. The maximum Gasteiger partial charge on any atom is 0.255 e. The van der Waals surface area contributed by atoms with Crippen molar-refractivity contribution in [1.82, 2.24) is 9.88 Å². The van der Waals surface area contributed by atoms with Crippen LogP contribution in [0.2, 0.25) is 0 Å². The second kappa shape index (κ2) is 5.83. The molecule has 1 aliphatic carbocycles. The summed E-state index contributed by atoms with van der Waals surface area (Å²) in [7, 11) is 1.90. The number of pyridine rings is 1. The van der Waals surface area contributed by atoms with Crippen molar-refractivity contribution in [3.8, 4) is 0 Å².